The molecule has 2 rings (SSSR count). The van der Waals surface area contributed by atoms with E-state index in [1.165, 1.54) is 25.2 Å². The number of anilines is 1. The second kappa shape index (κ2) is 4.59. The molecule has 1 aromatic heterocycles. The Hall–Kier alpha value is -1.14. The predicted molar refractivity (Wildman–Crippen MR) is 57.7 cm³/mol. The van der Waals surface area contributed by atoms with Crippen molar-refractivity contribution in [1.29, 1.82) is 0 Å². The molecule has 6 heteroatoms. The second-order valence-electron chi connectivity index (χ2n) is 3.84. The number of rotatable bonds is 3. The number of hydrogen-bond acceptors (Lipinski definition) is 5. The fourth-order valence-electron chi connectivity index (χ4n) is 1.80. The van der Waals surface area contributed by atoms with Crippen molar-refractivity contribution in [2.24, 2.45) is 0 Å². The summed E-state index contributed by atoms with van der Waals surface area (Å²) in [4.78, 5) is 8.04. The van der Waals surface area contributed by atoms with E-state index < -0.39 is 7.12 Å². The third-order valence-corrected chi connectivity index (χ3v) is 2.66. The van der Waals surface area contributed by atoms with Gasteiger partial charge < -0.3 is 15.4 Å². The first-order chi connectivity index (χ1) is 7.25. The van der Waals surface area contributed by atoms with Gasteiger partial charge in [-0.15, -0.1) is 0 Å². The van der Waals surface area contributed by atoms with Crippen LogP contribution in [0.2, 0.25) is 0 Å². The van der Waals surface area contributed by atoms with Gasteiger partial charge in [0.2, 0.25) is 5.95 Å². The van der Waals surface area contributed by atoms with Crippen LogP contribution in [0.3, 0.4) is 0 Å². The Bertz CT molecular complexity index is 312. The van der Waals surface area contributed by atoms with E-state index in [1.54, 1.807) is 0 Å². The van der Waals surface area contributed by atoms with Crippen LogP contribution in [-0.4, -0.2) is 33.2 Å². The van der Waals surface area contributed by atoms with E-state index in [1.807, 2.05) is 0 Å². The van der Waals surface area contributed by atoms with Crippen LogP contribution in [0.4, 0.5) is 5.95 Å². The van der Waals surface area contributed by atoms with Crippen LogP contribution in [0.5, 0.6) is 0 Å². The topological polar surface area (TPSA) is 78.3 Å². The Morgan fingerprint density at radius 1 is 1.20 bits per heavy atom. The summed E-state index contributed by atoms with van der Waals surface area (Å²) in [6, 6.07) is 0.467. The van der Waals surface area contributed by atoms with Crippen LogP contribution >= 0.6 is 0 Å². The van der Waals surface area contributed by atoms with Gasteiger partial charge in [-0.1, -0.05) is 12.8 Å². The maximum Gasteiger partial charge on any atom is 0.491 e. The molecule has 80 valence electrons. The van der Waals surface area contributed by atoms with Gasteiger partial charge in [0, 0.05) is 23.9 Å². The lowest BCUT2D eigenvalue weighted by atomic mass is 9.83. The van der Waals surface area contributed by atoms with Crippen molar-refractivity contribution in [1.82, 2.24) is 9.97 Å². The molecule has 5 nitrogen and oxygen atoms in total. The minimum atomic E-state index is -1.49. The summed E-state index contributed by atoms with van der Waals surface area (Å²) in [5.74, 6) is 0.561. The number of nitrogens with zero attached hydrogens (tertiary/aromatic N) is 2. The lowest BCUT2D eigenvalue weighted by molar-refractivity contribution is 0.425. The van der Waals surface area contributed by atoms with Crippen molar-refractivity contribution in [3.05, 3.63) is 12.4 Å². The van der Waals surface area contributed by atoms with Crippen LogP contribution in [0.25, 0.3) is 0 Å². The van der Waals surface area contributed by atoms with Crippen LogP contribution < -0.4 is 10.8 Å². The molecule has 1 aliphatic carbocycles. The lowest BCUT2D eigenvalue weighted by Gasteiger charge is -2.11. The Kier molecular flexibility index (Phi) is 3.18. The third kappa shape index (κ3) is 2.67. The maximum absolute atomic E-state index is 8.85. The molecule has 3 N–H and O–H groups in total. The summed E-state index contributed by atoms with van der Waals surface area (Å²) < 4.78 is 0. The van der Waals surface area contributed by atoms with Gasteiger partial charge in [-0.05, 0) is 12.8 Å². The van der Waals surface area contributed by atoms with E-state index in [4.69, 9.17) is 10.0 Å². The molecule has 1 heterocycles. The zero-order valence-corrected chi connectivity index (χ0v) is 8.43. The minimum absolute atomic E-state index is 0.312. The second-order valence-corrected chi connectivity index (χ2v) is 3.84. The highest BCUT2D eigenvalue weighted by Gasteiger charge is 2.16. The van der Waals surface area contributed by atoms with E-state index in [2.05, 4.69) is 15.3 Å². The van der Waals surface area contributed by atoms with E-state index in [0.717, 1.165) is 12.8 Å². The number of hydrogen-bond donors (Lipinski definition) is 3. The molecule has 1 saturated carbocycles. The molecule has 1 aromatic rings. The van der Waals surface area contributed by atoms with Gasteiger partial charge in [-0.3, -0.25) is 0 Å². The average Bonchev–Trinajstić information content (AvgIpc) is 2.71. The standard InChI is InChI=1S/C9H14BN3O2/c14-10(15)7-5-11-9(12-6-7)13-8-3-1-2-4-8/h5-6,8,14-15H,1-4H2,(H,11,12,13). The Labute approximate surface area is 88.7 Å². The molecule has 1 fully saturated rings. The highest BCUT2D eigenvalue weighted by atomic mass is 16.4. The molecule has 0 bridgehead atoms. The molecule has 0 unspecified atom stereocenters. The minimum Gasteiger partial charge on any atom is -0.423 e. The van der Waals surface area contributed by atoms with Crippen LogP contribution in [0.15, 0.2) is 12.4 Å². The Balaban J connectivity index is 1.97. The van der Waals surface area contributed by atoms with Gasteiger partial charge in [0.25, 0.3) is 0 Å². The van der Waals surface area contributed by atoms with Gasteiger partial charge in [0.1, 0.15) is 0 Å². The van der Waals surface area contributed by atoms with E-state index in [9.17, 15) is 0 Å². The monoisotopic (exact) mass is 207 g/mol. The Morgan fingerprint density at radius 3 is 2.33 bits per heavy atom. The quantitative estimate of drug-likeness (QED) is 0.583. The molecule has 0 atom stereocenters. The smallest absolute Gasteiger partial charge is 0.423 e. The first-order valence-electron chi connectivity index (χ1n) is 5.20. The summed E-state index contributed by atoms with van der Waals surface area (Å²) in [6.45, 7) is 0. The largest absolute Gasteiger partial charge is 0.491 e. The molecular formula is C9H14BN3O2. The van der Waals surface area contributed by atoms with Crippen molar-refractivity contribution in [3.63, 3.8) is 0 Å². The van der Waals surface area contributed by atoms with Gasteiger partial charge in [-0.25, -0.2) is 9.97 Å². The third-order valence-electron chi connectivity index (χ3n) is 2.66. The number of aromatic nitrogens is 2. The first kappa shape index (κ1) is 10.4. The van der Waals surface area contributed by atoms with Crippen LogP contribution in [0.1, 0.15) is 25.7 Å². The van der Waals surface area contributed by atoms with Crippen molar-refractivity contribution >= 4 is 18.5 Å². The van der Waals surface area contributed by atoms with Gasteiger partial charge >= 0.3 is 7.12 Å². The lowest BCUT2D eigenvalue weighted by Crippen LogP contribution is -2.31. The van der Waals surface area contributed by atoms with Crippen molar-refractivity contribution in [2.45, 2.75) is 31.7 Å². The fourth-order valence-corrected chi connectivity index (χ4v) is 1.80. The molecule has 0 saturated heterocycles. The molecular weight excluding hydrogens is 193 g/mol. The molecule has 0 amide bonds. The van der Waals surface area contributed by atoms with E-state index >= 15 is 0 Å². The van der Waals surface area contributed by atoms with Gasteiger partial charge in [0.05, 0.1) is 0 Å². The summed E-state index contributed by atoms with van der Waals surface area (Å²) in [6.07, 6.45) is 7.68. The van der Waals surface area contributed by atoms with Gasteiger partial charge in [0.15, 0.2) is 0 Å². The van der Waals surface area contributed by atoms with Crippen molar-refractivity contribution in [3.8, 4) is 0 Å². The maximum atomic E-state index is 8.85. The SMILES string of the molecule is OB(O)c1cnc(NC2CCCC2)nc1. The van der Waals surface area contributed by atoms with Crippen molar-refractivity contribution < 1.29 is 10.0 Å². The van der Waals surface area contributed by atoms with Gasteiger partial charge in [-0.2, -0.15) is 0 Å². The Morgan fingerprint density at radius 2 is 1.80 bits per heavy atom. The molecule has 1 aliphatic rings. The zero-order valence-electron chi connectivity index (χ0n) is 8.43. The normalized spacial score (nSPS) is 16.7. The average molecular weight is 207 g/mol. The van der Waals surface area contributed by atoms with Crippen LogP contribution in [-0.2, 0) is 0 Å². The summed E-state index contributed by atoms with van der Waals surface area (Å²) in [5.41, 5.74) is 0.312. The number of nitrogens with one attached hydrogen (secondary N) is 1. The highest BCUT2D eigenvalue weighted by molar-refractivity contribution is 6.58. The van der Waals surface area contributed by atoms with E-state index in [0.29, 0.717) is 17.5 Å². The highest BCUT2D eigenvalue weighted by Crippen LogP contribution is 2.20. The molecule has 0 radical (unpaired) electrons. The summed E-state index contributed by atoms with van der Waals surface area (Å²) in [7, 11) is -1.49. The summed E-state index contributed by atoms with van der Waals surface area (Å²) >= 11 is 0. The van der Waals surface area contributed by atoms with E-state index in [-0.39, 0.29) is 0 Å². The van der Waals surface area contributed by atoms with Crippen LogP contribution in [0, 0.1) is 0 Å². The molecule has 0 spiro atoms. The fraction of sp³-hybridized carbons (Fsp3) is 0.556. The molecule has 0 aliphatic heterocycles. The summed E-state index contributed by atoms with van der Waals surface area (Å²) in [5, 5.41) is 20.9. The molecule has 15 heavy (non-hydrogen) atoms. The van der Waals surface area contributed by atoms with Crippen molar-refractivity contribution in [2.75, 3.05) is 5.32 Å². The first-order valence-corrected chi connectivity index (χ1v) is 5.20. The zero-order chi connectivity index (χ0) is 10.7. The molecule has 0 aromatic carbocycles. The predicted octanol–water partition coefficient (Wildman–Crippen LogP) is -0.489.